The van der Waals surface area contributed by atoms with Crippen LogP contribution in [0.3, 0.4) is 0 Å². The van der Waals surface area contributed by atoms with Crippen LogP contribution in [0.4, 0.5) is 5.13 Å². The van der Waals surface area contributed by atoms with Gasteiger partial charge in [0.1, 0.15) is 11.3 Å². The van der Waals surface area contributed by atoms with Gasteiger partial charge in [-0.3, -0.25) is 9.59 Å². The standard InChI is InChI=1S/C29H29N5O3S/c1-5-16-34(4)26(35)19-12-10-18(11-13-19)22-15-14-21-24(20-8-6-7-9-23(20)37-25(21)31-22)29(2,3)27(36)32-28-33-30-17-38-28/h6-15,17,24H,5,16H2,1-4H3,(H,32,33,36)/t24-/m0/s1. The zero-order valence-electron chi connectivity index (χ0n) is 21.8. The van der Waals surface area contributed by atoms with Crippen molar-refractivity contribution in [2.75, 3.05) is 18.9 Å². The van der Waals surface area contributed by atoms with Crippen LogP contribution in [0.25, 0.3) is 11.3 Å². The number of carbonyl (C=O) groups is 2. The van der Waals surface area contributed by atoms with Crippen LogP contribution < -0.4 is 10.1 Å². The number of carbonyl (C=O) groups excluding carboxylic acids is 2. The second-order valence-electron chi connectivity index (χ2n) is 9.89. The van der Waals surface area contributed by atoms with Gasteiger partial charge in [-0.25, -0.2) is 4.98 Å². The number of fused-ring (bicyclic) bond motifs is 2. The molecule has 2 aromatic heterocycles. The van der Waals surface area contributed by atoms with Crippen LogP contribution in [0.1, 0.15) is 54.6 Å². The van der Waals surface area contributed by atoms with E-state index in [0.29, 0.717) is 28.9 Å². The van der Waals surface area contributed by atoms with E-state index in [1.165, 1.54) is 11.3 Å². The van der Waals surface area contributed by atoms with Crippen molar-refractivity contribution in [1.29, 1.82) is 0 Å². The fraction of sp³-hybridized carbons (Fsp3) is 0.276. The SMILES string of the molecule is CCCN(C)C(=O)c1ccc(-c2ccc3c(n2)Oc2ccccc2[C@@H]3C(C)(C)C(=O)Nc2nncs2)cc1. The molecule has 0 fully saturated rings. The van der Waals surface area contributed by atoms with Gasteiger partial charge < -0.3 is 15.0 Å². The van der Waals surface area contributed by atoms with Crippen molar-refractivity contribution in [1.82, 2.24) is 20.1 Å². The Morgan fingerprint density at radius 1 is 1.05 bits per heavy atom. The second-order valence-corrected chi connectivity index (χ2v) is 10.7. The van der Waals surface area contributed by atoms with Crippen LogP contribution >= 0.6 is 11.3 Å². The van der Waals surface area contributed by atoms with Gasteiger partial charge in [-0.1, -0.05) is 68.5 Å². The highest BCUT2D eigenvalue weighted by molar-refractivity contribution is 7.13. The Morgan fingerprint density at radius 2 is 1.82 bits per heavy atom. The van der Waals surface area contributed by atoms with Crippen molar-refractivity contribution in [2.45, 2.75) is 33.1 Å². The molecule has 8 nitrogen and oxygen atoms in total. The van der Waals surface area contributed by atoms with Crippen LogP contribution in [0.15, 0.2) is 66.2 Å². The predicted octanol–water partition coefficient (Wildman–Crippen LogP) is 5.98. The van der Waals surface area contributed by atoms with Crippen molar-refractivity contribution in [2.24, 2.45) is 5.41 Å². The number of nitrogens with one attached hydrogen (secondary N) is 1. The van der Waals surface area contributed by atoms with Gasteiger partial charge in [0, 0.05) is 41.8 Å². The quantitative estimate of drug-likeness (QED) is 0.317. The lowest BCUT2D eigenvalue weighted by Gasteiger charge is -2.37. The van der Waals surface area contributed by atoms with Crippen LogP contribution in [0.2, 0.25) is 0 Å². The molecular formula is C29H29N5O3S. The van der Waals surface area contributed by atoms with E-state index in [1.807, 2.05) is 88.5 Å². The molecule has 0 saturated carbocycles. The fourth-order valence-corrected chi connectivity index (χ4v) is 5.27. The molecule has 2 amide bonds. The van der Waals surface area contributed by atoms with Crippen molar-refractivity contribution in [3.63, 3.8) is 0 Å². The van der Waals surface area contributed by atoms with E-state index in [0.717, 1.165) is 28.8 Å². The summed E-state index contributed by atoms with van der Waals surface area (Å²) in [5.41, 5.74) is 4.71. The first kappa shape index (κ1) is 25.5. The molecule has 0 spiro atoms. The van der Waals surface area contributed by atoms with Gasteiger partial charge in [0.25, 0.3) is 5.91 Å². The molecule has 0 aliphatic carbocycles. The first-order chi connectivity index (χ1) is 18.3. The average molecular weight is 528 g/mol. The van der Waals surface area contributed by atoms with E-state index >= 15 is 0 Å². The molecule has 4 aromatic rings. The zero-order valence-corrected chi connectivity index (χ0v) is 22.6. The topological polar surface area (TPSA) is 97.3 Å². The van der Waals surface area contributed by atoms with Gasteiger partial charge in [0.05, 0.1) is 11.1 Å². The maximum atomic E-state index is 13.5. The van der Waals surface area contributed by atoms with Crippen LogP contribution in [-0.4, -0.2) is 45.5 Å². The molecule has 0 unspecified atom stereocenters. The van der Waals surface area contributed by atoms with Crippen molar-refractivity contribution in [3.05, 3.63) is 82.9 Å². The molecule has 9 heteroatoms. The highest BCUT2D eigenvalue weighted by Crippen LogP contribution is 2.52. The van der Waals surface area contributed by atoms with E-state index < -0.39 is 5.41 Å². The van der Waals surface area contributed by atoms with Crippen molar-refractivity contribution < 1.29 is 14.3 Å². The molecule has 0 bridgehead atoms. The Bertz CT molecular complexity index is 1470. The number of anilines is 1. The van der Waals surface area contributed by atoms with Gasteiger partial charge >= 0.3 is 0 Å². The molecule has 1 atom stereocenters. The lowest BCUT2D eigenvalue weighted by molar-refractivity contribution is -0.124. The van der Waals surface area contributed by atoms with Crippen molar-refractivity contribution in [3.8, 4) is 22.9 Å². The third-order valence-electron chi connectivity index (χ3n) is 6.86. The number of nitrogens with zero attached hydrogens (tertiary/aromatic N) is 4. The third kappa shape index (κ3) is 4.77. The molecule has 194 valence electrons. The highest BCUT2D eigenvalue weighted by atomic mass is 32.1. The summed E-state index contributed by atoms with van der Waals surface area (Å²) in [5, 5.41) is 11.1. The summed E-state index contributed by atoms with van der Waals surface area (Å²) in [6, 6.07) is 19.1. The molecule has 0 radical (unpaired) electrons. The monoisotopic (exact) mass is 527 g/mol. The molecule has 1 aliphatic heterocycles. The number of amides is 2. The van der Waals surface area contributed by atoms with E-state index in [9.17, 15) is 9.59 Å². The number of hydrogen-bond acceptors (Lipinski definition) is 7. The smallest absolute Gasteiger partial charge is 0.253 e. The molecular weight excluding hydrogens is 498 g/mol. The molecule has 1 aliphatic rings. The third-order valence-corrected chi connectivity index (χ3v) is 7.46. The zero-order chi connectivity index (χ0) is 26.9. The number of aromatic nitrogens is 3. The Morgan fingerprint density at radius 3 is 2.53 bits per heavy atom. The maximum Gasteiger partial charge on any atom is 0.253 e. The number of pyridine rings is 1. The summed E-state index contributed by atoms with van der Waals surface area (Å²) in [4.78, 5) is 32.7. The van der Waals surface area contributed by atoms with E-state index in [2.05, 4.69) is 15.5 Å². The molecule has 0 saturated heterocycles. The van der Waals surface area contributed by atoms with Gasteiger partial charge in [-0.15, -0.1) is 10.2 Å². The normalized spacial score (nSPS) is 14.2. The predicted molar refractivity (Wildman–Crippen MR) is 148 cm³/mol. The van der Waals surface area contributed by atoms with Gasteiger partial charge in [-0.2, -0.15) is 0 Å². The number of rotatable bonds is 7. The lowest BCUT2D eigenvalue weighted by atomic mass is 9.69. The molecule has 5 rings (SSSR count). The molecule has 1 N–H and O–H groups in total. The minimum absolute atomic E-state index is 0.00591. The summed E-state index contributed by atoms with van der Waals surface area (Å²) < 4.78 is 6.25. The van der Waals surface area contributed by atoms with E-state index in [1.54, 1.807) is 10.4 Å². The minimum Gasteiger partial charge on any atom is -0.438 e. The maximum absolute atomic E-state index is 13.5. The Labute approximate surface area is 225 Å². The van der Waals surface area contributed by atoms with Gasteiger partial charge in [-0.05, 0) is 30.7 Å². The van der Waals surface area contributed by atoms with Gasteiger partial charge in [0.15, 0.2) is 0 Å². The number of ether oxygens (including phenoxy) is 1. The second kappa shape index (κ2) is 10.3. The average Bonchev–Trinajstić information content (AvgIpc) is 3.44. The number of hydrogen-bond donors (Lipinski definition) is 1. The summed E-state index contributed by atoms with van der Waals surface area (Å²) in [6.45, 7) is 6.59. The van der Waals surface area contributed by atoms with Gasteiger partial charge in [0.2, 0.25) is 16.9 Å². The summed E-state index contributed by atoms with van der Waals surface area (Å²) in [5.74, 6) is 0.663. The summed E-state index contributed by atoms with van der Waals surface area (Å²) >= 11 is 1.28. The van der Waals surface area contributed by atoms with Crippen molar-refractivity contribution >= 4 is 28.3 Å². The highest BCUT2D eigenvalue weighted by Gasteiger charge is 2.44. The number of para-hydroxylation sites is 1. The molecule has 38 heavy (non-hydrogen) atoms. The molecule has 3 heterocycles. The molecule has 2 aromatic carbocycles. The van der Waals surface area contributed by atoms with Crippen LogP contribution in [0.5, 0.6) is 11.6 Å². The first-order valence-corrected chi connectivity index (χ1v) is 13.4. The Hall–Kier alpha value is -4.11. The van der Waals surface area contributed by atoms with Crippen LogP contribution in [-0.2, 0) is 4.79 Å². The van der Waals surface area contributed by atoms with E-state index in [-0.39, 0.29) is 17.7 Å². The number of benzene rings is 2. The Kier molecular flexibility index (Phi) is 6.94. The summed E-state index contributed by atoms with van der Waals surface area (Å²) in [6.07, 6.45) is 0.907. The van der Waals surface area contributed by atoms with E-state index in [4.69, 9.17) is 9.72 Å². The lowest BCUT2D eigenvalue weighted by Crippen LogP contribution is -2.38. The fourth-order valence-electron chi connectivity index (χ4n) is 4.83. The Balaban J connectivity index is 1.48. The largest absolute Gasteiger partial charge is 0.438 e. The summed E-state index contributed by atoms with van der Waals surface area (Å²) in [7, 11) is 1.81. The first-order valence-electron chi connectivity index (χ1n) is 12.5. The minimum atomic E-state index is -0.851. The van der Waals surface area contributed by atoms with Crippen LogP contribution in [0, 0.1) is 5.41 Å².